The van der Waals surface area contributed by atoms with Crippen LogP contribution < -0.4 is 0 Å². The summed E-state index contributed by atoms with van der Waals surface area (Å²) in [6.07, 6.45) is 3.76. The smallest absolute Gasteiger partial charge is 0.266 e. The van der Waals surface area contributed by atoms with Crippen LogP contribution in [-0.4, -0.2) is 22.5 Å². The van der Waals surface area contributed by atoms with Crippen molar-refractivity contribution in [2.45, 2.75) is 26.7 Å². The molecular weight excluding hydrogens is 472 g/mol. The van der Waals surface area contributed by atoms with E-state index in [4.69, 9.17) is 9.41 Å². The van der Waals surface area contributed by atoms with E-state index in [1.165, 1.54) is 17.3 Å². The maximum Gasteiger partial charge on any atom is 0.266 e. The van der Waals surface area contributed by atoms with E-state index in [1.807, 2.05) is 73.7 Å². The fourth-order valence-electron chi connectivity index (χ4n) is 3.16. The topological polar surface area (TPSA) is 45.8 Å². The number of aryl methyl sites for hydroxylation is 1. The van der Waals surface area contributed by atoms with Crippen LogP contribution in [0.5, 0.6) is 0 Å². The summed E-state index contributed by atoms with van der Waals surface area (Å²) in [5.74, 6) is 1.40. The summed E-state index contributed by atoms with van der Waals surface area (Å²) in [7, 11) is 0. The quantitative estimate of drug-likeness (QED) is 0.334. The summed E-state index contributed by atoms with van der Waals surface area (Å²) in [6.45, 7) is 4.82. The van der Waals surface area contributed by atoms with Gasteiger partial charge in [-0.2, -0.15) is 0 Å². The van der Waals surface area contributed by atoms with Crippen molar-refractivity contribution in [3.05, 3.63) is 81.4 Å². The maximum atomic E-state index is 13.1. The predicted molar refractivity (Wildman–Crippen MR) is 132 cm³/mol. The molecule has 3 aromatic rings. The largest absolute Gasteiger partial charge is 0.457 e. The molecule has 0 atom stereocenters. The van der Waals surface area contributed by atoms with Gasteiger partial charge in [0.05, 0.1) is 10.6 Å². The third-order valence-corrected chi connectivity index (χ3v) is 6.45. The van der Waals surface area contributed by atoms with E-state index in [9.17, 15) is 4.79 Å². The summed E-state index contributed by atoms with van der Waals surface area (Å²) in [4.78, 5) is 20.2. The van der Waals surface area contributed by atoms with Gasteiger partial charge in [0.25, 0.3) is 5.91 Å². The van der Waals surface area contributed by atoms with Gasteiger partial charge in [-0.15, -0.1) is 0 Å². The number of hydrogen-bond donors (Lipinski definition) is 0. The standard InChI is InChI=1S/C25H23BrN2O2S/c1-3-4-15-28-24(29)23(31-25(28)27-20-11-5-17(2)6-12-20)16-21-13-14-22(30-21)18-7-9-19(26)10-8-18/h5-14,16H,3-4,15H2,1-2H3/b23-16+,27-25?. The number of rotatable bonds is 6. The zero-order chi connectivity index (χ0) is 21.8. The molecule has 1 aromatic heterocycles. The van der Waals surface area contributed by atoms with Crippen molar-refractivity contribution in [2.24, 2.45) is 4.99 Å². The molecule has 0 unspecified atom stereocenters. The van der Waals surface area contributed by atoms with Crippen molar-refractivity contribution in [1.29, 1.82) is 0 Å². The van der Waals surface area contributed by atoms with Gasteiger partial charge < -0.3 is 4.42 Å². The van der Waals surface area contributed by atoms with Gasteiger partial charge in [0.2, 0.25) is 0 Å². The molecule has 158 valence electrons. The first-order valence-electron chi connectivity index (χ1n) is 10.3. The summed E-state index contributed by atoms with van der Waals surface area (Å²) in [5.41, 5.74) is 3.02. The Morgan fingerprint density at radius 1 is 1.06 bits per heavy atom. The second-order valence-electron chi connectivity index (χ2n) is 7.36. The highest BCUT2D eigenvalue weighted by molar-refractivity contribution is 9.10. The molecular formula is C25H23BrN2O2S. The number of carbonyl (C=O) groups excluding carboxylic acids is 1. The molecule has 1 aliphatic heterocycles. The second kappa shape index (κ2) is 9.71. The summed E-state index contributed by atoms with van der Waals surface area (Å²) in [5, 5.41) is 0.716. The number of halogens is 1. The Hall–Kier alpha value is -2.57. The Morgan fingerprint density at radius 3 is 2.52 bits per heavy atom. The Balaban J connectivity index is 1.61. The summed E-state index contributed by atoms with van der Waals surface area (Å²) < 4.78 is 7.01. The Kier molecular flexibility index (Phi) is 6.78. The van der Waals surface area contributed by atoms with E-state index in [2.05, 4.69) is 22.9 Å². The average Bonchev–Trinajstić information content (AvgIpc) is 3.34. The van der Waals surface area contributed by atoms with Crippen LogP contribution in [0.3, 0.4) is 0 Å². The van der Waals surface area contributed by atoms with Crippen molar-refractivity contribution in [3.63, 3.8) is 0 Å². The highest BCUT2D eigenvalue weighted by Crippen LogP contribution is 2.35. The number of hydrogen-bond acceptors (Lipinski definition) is 4. The van der Waals surface area contributed by atoms with Crippen molar-refractivity contribution < 1.29 is 9.21 Å². The first-order chi connectivity index (χ1) is 15.0. The molecule has 0 N–H and O–H groups in total. The molecule has 0 aliphatic carbocycles. The number of carbonyl (C=O) groups is 1. The van der Waals surface area contributed by atoms with Crippen LogP contribution in [0.4, 0.5) is 5.69 Å². The summed E-state index contributed by atoms with van der Waals surface area (Å²) in [6, 6.07) is 19.8. The molecule has 0 bridgehead atoms. The lowest BCUT2D eigenvalue weighted by Crippen LogP contribution is -2.30. The van der Waals surface area contributed by atoms with Crippen molar-refractivity contribution in [2.75, 3.05) is 6.54 Å². The summed E-state index contributed by atoms with van der Waals surface area (Å²) >= 11 is 4.85. The lowest BCUT2D eigenvalue weighted by atomic mass is 10.2. The fourth-order valence-corrected chi connectivity index (χ4v) is 4.43. The zero-order valence-electron chi connectivity index (χ0n) is 17.5. The fraction of sp³-hybridized carbons (Fsp3) is 0.200. The molecule has 6 heteroatoms. The third-order valence-electron chi connectivity index (χ3n) is 4.91. The Morgan fingerprint density at radius 2 is 1.81 bits per heavy atom. The molecule has 2 aromatic carbocycles. The van der Waals surface area contributed by atoms with E-state index in [0.29, 0.717) is 22.4 Å². The first kappa shape index (κ1) is 21.7. The van der Waals surface area contributed by atoms with Crippen LogP contribution >= 0.6 is 27.7 Å². The normalized spacial score (nSPS) is 16.6. The minimum Gasteiger partial charge on any atom is -0.457 e. The van der Waals surface area contributed by atoms with Crippen LogP contribution in [0.2, 0.25) is 0 Å². The number of unbranched alkanes of at least 4 members (excludes halogenated alkanes) is 1. The Bertz CT molecular complexity index is 1130. The lowest BCUT2D eigenvalue weighted by Gasteiger charge is -2.14. The van der Waals surface area contributed by atoms with Crippen LogP contribution in [-0.2, 0) is 4.79 Å². The first-order valence-corrected chi connectivity index (χ1v) is 11.9. The molecule has 31 heavy (non-hydrogen) atoms. The van der Waals surface area contributed by atoms with Crippen LogP contribution in [0.15, 0.2) is 79.5 Å². The molecule has 1 aliphatic rings. The number of nitrogens with zero attached hydrogens (tertiary/aromatic N) is 2. The highest BCUT2D eigenvalue weighted by Gasteiger charge is 2.33. The molecule has 1 fully saturated rings. The maximum absolute atomic E-state index is 13.1. The number of thioether (sulfide) groups is 1. The van der Waals surface area contributed by atoms with Gasteiger partial charge >= 0.3 is 0 Å². The third kappa shape index (κ3) is 5.20. The molecule has 1 amide bonds. The highest BCUT2D eigenvalue weighted by atomic mass is 79.9. The lowest BCUT2D eigenvalue weighted by molar-refractivity contribution is -0.122. The minimum atomic E-state index is -0.0223. The number of amides is 1. The number of benzene rings is 2. The number of furan rings is 1. The zero-order valence-corrected chi connectivity index (χ0v) is 19.9. The van der Waals surface area contributed by atoms with Gasteiger partial charge in [-0.25, -0.2) is 4.99 Å². The molecule has 0 saturated carbocycles. The average molecular weight is 495 g/mol. The van der Waals surface area contributed by atoms with Gasteiger partial charge in [0.1, 0.15) is 11.5 Å². The van der Waals surface area contributed by atoms with E-state index < -0.39 is 0 Å². The van der Waals surface area contributed by atoms with Gasteiger partial charge in [-0.3, -0.25) is 9.69 Å². The van der Waals surface area contributed by atoms with E-state index in [-0.39, 0.29) is 5.91 Å². The number of aliphatic imine (C=N–C) groups is 1. The monoisotopic (exact) mass is 494 g/mol. The van der Waals surface area contributed by atoms with Crippen LogP contribution in [0.1, 0.15) is 31.1 Å². The van der Waals surface area contributed by atoms with Crippen molar-refractivity contribution in [1.82, 2.24) is 4.90 Å². The van der Waals surface area contributed by atoms with Crippen LogP contribution in [0, 0.1) is 6.92 Å². The van der Waals surface area contributed by atoms with Gasteiger partial charge in [-0.1, -0.05) is 59.1 Å². The Labute approximate surface area is 195 Å². The van der Waals surface area contributed by atoms with Crippen molar-refractivity contribution >= 4 is 50.5 Å². The molecule has 1 saturated heterocycles. The molecule has 2 heterocycles. The number of amidine groups is 1. The molecule has 4 rings (SSSR count). The van der Waals surface area contributed by atoms with E-state index >= 15 is 0 Å². The second-order valence-corrected chi connectivity index (χ2v) is 9.28. The molecule has 0 radical (unpaired) electrons. The molecule has 0 spiro atoms. The van der Waals surface area contributed by atoms with Gasteiger partial charge in [-0.05, 0) is 61.5 Å². The minimum absolute atomic E-state index is 0.0223. The predicted octanol–water partition coefficient (Wildman–Crippen LogP) is 7.42. The van der Waals surface area contributed by atoms with Gasteiger partial charge in [0.15, 0.2) is 5.17 Å². The van der Waals surface area contributed by atoms with Gasteiger partial charge in [0, 0.05) is 22.7 Å². The van der Waals surface area contributed by atoms with E-state index in [1.54, 1.807) is 4.90 Å². The van der Waals surface area contributed by atoms with Crippen molar-refractivity contribution in [3.8, 4) is 11.3 Å². The SMILES string of the molecule is CCCCN1C(=O)/C(=C\c2ccc(-c3ccc(Br)cc3)o2)SC1=Nc1ccc(C)cc1. The van der Waals surface area contributed by atoms with E-state index in [0.717, 1.165) is 34.3 Å². The van der Waals surface area contributed by atoms with Crippen LogP contribution in [0.25, 0.3) is 17.4 Å². The molecule has 4 nitrogen and oxygen atoms in total.